The first-order chi connectivity index (χ1) is 12.1. The SMILES string of the molecule is O=S(=O)(c1ccc(F)c(F)c1)N1CC(Oc2cc(C(F)(F)F)ccn2)C1. The maximum atomic E-state index is 13.2. The van der Waals surface area contributed by atoms with Gasteiger partial charge >= 0.3 is 6.18 Å². The van der Waals surface area contributed by atoms with Crippen LogP contribution in [0.5, 0.6) is 5.88 Å². The van der Waals surface area contributed by atoms with Crippen LogP contribution in [0.3, 0.4) is 0 Å². The van der Waals surface area contributed by atoms with Gasteiger partial charge in [0, 0.05) is 12.3 Å². The number of aromatic nitrogens is 1. The predicted molar refractivity (Wildman–Crippen MR) is 78.8 cm³/mol. The molecule has 3 rings (SSSR count). The van der Waals surface area contributed by atoms with E-state index in [1.54, 1.807) is 0 Å². The van der Waals surface area contributed by atoms with E-state index in [-0.39, 0.29) is 19.0 Å². The molecule has 1 aromatic carbocycles. The molecule has 0 saturated carbocycles. The molecule has 0 aliphatic carbocycles. The second-order valence-electron chi connectivity index (χ2n) is 5.52. The van der Waals surface area contributed by atoms with Crippen LogP contribution in [0.25, 0.3) is 0 Å². The third-order valence-electron chi connectivity index (χ3n) is 3.69. The zero-order valence-corrected chi connectivity index (χ0v) is 13.7. The summed E-state index contributed by atoms with van der Waals surface area (Å²) in [5.74, 6) is -2.76. The van der Waals surface area contributed by atoms with Crippen molar-refractivity contribution < 1.29 is 35.1 Å². The summed E-state index contributed by atoms with van der Waals surface area (Å²) in [5.41, 5.74) is -0.937. The smallest absolute Gasteiger partial charge is 0.416 e. The quantitative estimate of drug-likeness (QED) is 0.749. The van der Waals surface area contributed by atoms with Crippen molar-refractivity contribution in [3.05, 3.63) is 53.7 Å². The molecule has 1 aromatic heterocycles. The summed E-state index contributed by atoms with van der Waals surface area (Å²) in [6.45, 7) is -0.307. The largest absolute Gasteiger partial charge is 0.472 e. The van der Waals surface area contributed by atoms with Crippen molar-refractivity contribution in [3.63, 3.8) is 0 Å². The standard InChI is InChI=1S/C15H11F5N2O3S/c16-12-2-1-11(6-13(12)17)26(23,24)22-7-10(8-22)25-14-5-9(3-4-21-14)15(18,19)20/h1-6,10H,7-8H2. The summed E-state index contributed by atoms with van der Waals surface area (Å²) in [4.78, 5) is 3.24. The second-order valence-corrected chi connectivity index (χ2v) is 7.46. The molecule has 26 heavy (non-hydrogen) atoms. The number of sulfonamides is 1. The predicted octanol–water partition coefficient (Wildman–Crippen LogP) is 2.83. The summed E-state index contributed by atoms with van der Waals surface area (Å²) in [5, 5.41) is 0. The lowest BCUT2D eigenvalue weighted by atomic mass is 10.2. The highest BCUT2D eigenvalue weighted by Crippen LogP contribution is 2.31. The third kappa shape index (κ3) is 3.63. The Bertz CT molecular complexity index is 927. The Hall–Kier alpha value is -2.27. The molecule has 1 fully saturated rings. The van der Waals surface area contributed by atoms with E-state index in [4.69, 9.17) is 4.74 Å². The minimum absolute atomic E-state index is 0.154. The first kappa shape index (κ1) is 18.5. The molecule has 0 amide bonds. The van der Waals surface area contributed by atoms with E-state index in [0.717, 1.165) is 22.6 Å². The van der Waals surface area contributed by atoms with Crippen molar-refractivity contribution >= 4 is 10.0 Å². The Labute approximate surface area is 145 Å². The Morgan fingerprint density at radius 1 is 1.08 bits per heavy atom. The fourth-order valence-electron chi connectivity index (χ4n) is 2.28. The maximum Gasteiger partial charge on any atom is 0.416 e. The summed E-state index contributed by atoms with van der Waals surface area (Å²) in [7, 11) is -4.05. The number of alkyl halides is 3. The molecule has 1 saturated heterocycles. The molecule has 0 spiro atoms. The number of rotatable bonds is 4. The van der Waals surface area contributed by atoms with Gasteiger partial charge in [-0.25, -0.2) is 22.2 Å². The van der Waals surface area contributed by atoms with E-state index in [1.807, 2.05) is 0 Å². The van der Waals surface area contributed by atoms with Gasteiger partial charge in [0.2, 0.25) is 15.9 Å². The number of halogens is 5. The number of hydrogen-bond acceptors (Lipinski definition) is 4. The summed E-state index contributed by atoms with van der Waals surface area (Å²) in [6, 6.07) is 3.69. The normalized spacial score (nSPS) is 16.3. The van der Waals surface area contributed by atoms with Gasteiger partial charge in [-0.15, -0.1) is 0 Å². The number of pyridine rings is 1. The van der Waals surface area contributed by atoms with Crippen LogP contribution >= 0.6 is 0 Å². The van der Waals surface area contributed by atoms with Crippen LogP contribution in [-0.4, -0.2) is 36.9 Å². The Kier molecular flexibility index (Phi) is 4.61. The molecule has 140 valence electrons. The highest BCUT2D eigenvalue weighted by Gasteiger charge is 2.39. The molecule has 0 unspecified atom stereocenters. The Morgan fingerprint density at radius 2 is 1.77 bits per heavy atom. The molecular formula is C15H11F5N2O3S. The third-order valence-corrected chi connectivity index (χ3v) is 5.52. The number of nitrogens with zero attached hydrogens (tertiary/aromatic N) is 2. The Balaban J connectivity index is 1.66. The molecule has 5 nitrogen and oxygen atoms in total. The van der Waals surface area contributed by atoms with Crippen molar-refractivity contribution in [1.29, 1.82) is 0 Å². The van der Waals surface area contributed by atoms with Gasteiger partial charge in [0.05, 0.1) is 23.5 Å². The van der Waals surface area contributed by atoms with Gasteiger partial charge in [-0.1, -0.05) is 0 Å². The molecule has 0 atom stereocenters. The van der Waals surface area contributed by atoms with Gasteiger partial charge < -0.3 is 4.74 Å². The van der Waals surface area contributed by atoms with Crippen LogP contribution < -0.4 is 4.74 Å². The minimum atomic E-state index is -4.55. The first-order valence-corrected chi connectivity index (χ1v) is 8.66. The lowest BCUT2D eigenvalue weighted by Gasteiger charge is -2.37. The van der Waals surface area contributed by atoms with Gasteiger partial charge in [-0.2, -0.15) is 17.5 Å². The monoisotopic (exact) mass is 394 g/mol. The van der Waals surface area contributed by atoms with E-state index in [0.29, 0.717) is 18.2 Å². The average molecular weight is 394 g/mol. The highest BCUT2D eigenvalue weighted by molar-refractivity contribution is 7.89. The molecule has 0 N–H and O–H groups in total. The number of hydrogen-bond donors (Lipinski definition) is 0. The lowest BCUT2D eigenvalue weighted by Crippen LogP contribution is -2.56. The summed E-state index contributed by atoms with van der Waals surface area (Å²) < 4.78 is 94.8. The zero-order valence-electron chi connectivity index (χ0n) is 12.9. The maximum absolute atomic E-state index is 13.2. The van der Waals surface area contributed by atoms with Crippen molar-refractivity contribution in [2.75, 3.05) is 13.1 Å². The van der Waals surface area contributed by atoms with Gasteiger partial charge in [-0.3, -0.25) is 0 Å². The van der Waals surface area contributed by atoms with Crippen LogP contribution in [0, 0.1) is 11.6 Å². The molecule has 1 aliphatic heterocycles. The molecule has 1 aliphatic rings. The van der Waals surface area contributed by atoms with Gasteiger partial charge in [0.1, 0.15) is 6.10 Å². The van der Waals surface area contributed by atoms with E-state index in [2.05, 4.69) is 4.98 Å². The first-order valence-electron chi connectivity index (χ1n) is 7.22. The fraction of sp³-hybridized carbons (Fsp3) is 0.267. The second kappa shape index (κ2) is 6.47. The molecule has 0 bridgehead atoms. The van der Waals surface area contributed by atoms with Crippen LogP contribution in [-0.2, 0) is 16.2 Å². The van der Waals surface area contributed by atoms with E-state index in [9.17, 15) is 30.4 Å². The number of ether oxygens (including phenoxy) is 1. The van der Waals surface area contributed by atoms with Crippen LogP contribution in [0.1, 0.15) is 5.56 Å². The summed E-state index contributed by atoms with van der Waals surface area (Å²) >= 11 is 0. The topological polar surface area (TPSA) is 59.5 Å². The van der Waals surface area contributed by atoms with Crippen molar-refractivity contribution in [2.45, 2.75) is 17.2 Å². The van der Waals surface area contributed by atoms with Gasteiger partial charge in [0.15, 0.2) is 11.6 Å². The highest BCUT2D eigenvalue weighted by atomic mass is 32.2. The summed E-state index contributed by atoms with van der Waals surface area (Å²) in [6.07, 6.45) is -4.32. The molecule has 2 heterocycles. The van der Waals surface area contributed by atoms with Crippen LogP contribution in [0.4, 0.5) is 22.0 Å². The fourth-order valence-corrected chi connectivity index (χ4v) is 3.79. The lowest BCUT2D eigenvalue weighted by molar-refractivity contribution is -0.137. The van der Waals surface area contributed by atoms with E-state index < -0.39 is 44.4 Å². The average Bonchev–Trinajstić information content (AvgIpc) is 2.52. The van der Waals surface area contributed by atoms with Crippen LogP contribution in [0.2, 0.25) is 0 Å². The minimum Gasteiger partial charge on any atom is -0.472 e. The Morgan fingerprint density at radius 3 is 2.38 bits per heavy atom. The van der Waals surface area contributed by atoms with Gasteiger partial charge in [0.25, 0.3) is 0 Å². The van der Waals surface area contributed by atoms with Crippen molar-refractivity contribution in [3.8, 4) is 5.88 Å². The van der Waals surface area contributed by atoms with Crippen molar-refractivity contribution in [1.82, 2.24) is 9.29 Å². The van der Waals surface area contributed by atoms with Gasteiger partial charge in [-0.05, 0) is 24.3 Å². The molecule has 2 aromatic rings. The van der Waals surface area contributed by atoms with Crippen LogP contribution in [0.15, 0.2) is 41.4 Å². The molecular weight excluding hydrogens is 383 g/mol. The molecule has 11 heteroatoms. The van der Waals surface area contributed by atoms with E-state index >= 15 is 0 Å². The zero-order chi connectivity index (χ0) is 19.1. The van der Waals surface area contributed by atoms with Crippen molar-refractivity contribution in [2.24, 2.45) is 0 Å². The van der Waals surface area contributed by atoms with E-state index in [1.165, 1.54) is 0 Å². The molecule has 0 radical (unpaired) electrons. The number of benzene rings is 1.